The molecule has 8 heteroatoms. The van der Waals surface area contributed by atoms with Crippen LogP contribution in [0, 0.1) is 48.7 Å². The van der Waals surface area contributed by atoms with Crippen molar-refractivity contribution in [2.75, 3.05) is 6.54 Å². The highest BCUT2D eigenvalue weighted by atomic mass is 16.6. The summed E-state index contributed by atoms with van der Waals surface area (Å²) in [5.74, 6) is 0.319. The van der Waals surface area contributed by atoms with Gasteiger partial charge in [0.1, 0.15) is 30.8 Å². The van der Waals surface area contributed by atoms with Crippen molar-refractivity contribution in [3.63, 3.8) is 0 Å². The largest absolute Gasteiger partial charge is 0.353 e. The molecule has 4 heterocycles. The van der Waals surface area contributed by atoms with Crippen molar-refractivity contribution in [2.24, 2.45) is 61.5 Å². The minimum absolute atomic E-state index is 0.0471. The van der Waals surface area contributed by atoms with Gasteiger partial charge in [0, 0.05) is 48.3 Å². The second-order valence-corrected chi connectivity index (χ2v) is 24.6. The van der Waals surface area contributed by atoms with Crippen LogP contribution in [0.2, 0.25) is 0 Å². The first-order valence-electron chi connectivity index (χ1n) is 22.4. The molecule has 0 saturated carbocycles. The number of likely N-dealkylation sites (tertiary alicyclic amines) is 1. The quantitative estimate of drug-likeness (QED) is 0.113. The summed E-state index contributed by atoms with van der Waals surface area (Å²) >= 11 is 0. The van der Waals surface area contributed by atoms with Gasteiger partial charge in [-0.2, -0.15) is 0 Å². The Balaban J connectivity index is 1.76. The van der Waals surface area contributed by atoms with Crippen LogP contribution in [-0.2, 0) is 16.6 Å². The highest BCUT2D eigenvalue weighted by Gasteiger charge is 2.65. The number of rotatable bonds is 19. The van der Waals surface area contributed by atoms with Gasteiger partial charge in [-0.05, 0) is 70.0 Å². The zero-order chi connectivity index (χ0) is 43.6. The first-order chi connectivity index (χ1) is 25.7. The molecule has 2 aliphatic rings. The Morgan fingerprint density at radius 3 is 1.79 bits per heavy atom. The fraction of sp³-hybridized carbons (Fsp3) is 0.857. The molecule has 0 aliphatic carbocycles. The number of epoxide rings is 1. The zero-order valence-corrected chi connectivity index (χ0v) is 40.6. The maximum Gasteiger partial charge on any atom is 0.243 e. The van der Waals surface area contributed by atoms with Gasteiger partial charge in [-0.3, -0.25) is 4.79 Å². The van der Waals surface area contributed by atoms with Crippen molar-refractivity contribution in [3.05, 3.63) is 37.4 Å². The molecule has 6 unspecified atom stereocenters. The molecule has 4 rings (SSSR count). The summed E-state index contributed by atoms with van der Waals surface area (Å²) in [6, 6.07) is 0.645. The lowest BCUT2D eigenvalue weighted by Crippen LogP contribution is -2.58. The molecule has 0 bridgehead atoms. The number of ether oxygens (including phenoxy) is 1. The number of nitrogens with zero attached hydrogens (tertiary/aromatic N) is 5. The number of carbonyl (C=O) groups is 1. The normalized spacial score (nSPS) is 22.1. The maximum atomic E-state index is 13.5. The Labute approximate surface area is 350 Å². The van der Waals surface area contributed by atoms with E-state index in [0.717, 1.165) is 45.1 Å². The Bertz CT molecular complexity index is 1650. The Morgan fingerprint density at radius 2 is 1.35 bits per heavy atom. The number of hydrogen-bond donors (Lipinski definition) is 1. The van der Waals surface area contributed by atoms with E-state index >= 15 is 0 Å². The molecule has 57 heavy (non-hydrogen) atoms. The minimum atomic E-state index is -0.274. The van der Waals surface area contributed by atoms with Gasteiger partial charge in [-0.15, -0.1) is 0 Å². The standard InChI is InChI=1S/C49H89N6O2/c1-21-42(5,6)29-37(55-25-22-23-38(55)56)47(15,16)45(11,12)32-49(19,39-40(50)57-39)48(17,18)44(9,10)31-36(53-26-24-51-33-53)46(13,14)43(7,8)30-35(41(2,3)4)54-28-27-52(20)34-54/h24,26-28,33-37,39-40H,21-23,25,29-32,50H2,1-20H3/q+1. The molecule has 2 saturated heterocycles. The summed E-state index contributed by atoms with van der Waals surface area (Å²) in [5.41, 5.74) is 5.83. The number of aryl methyl sites for hydroxylation is 1. The predicted octanol–water partition coefficient (Wildman–Crippen LogP) is 11.2. The molecule has 2 aromatic heterocycles. The van der Waals surface area contributed by atoms with Crippen molar-refractivity contribution in [3.8, 4) is 0 Å². The summed E-state index contributed by atoms with van der Waals surface area (Å²) < 4.78 is 13.4. The van der Waals surface area contributed by atoms with Crippen LogP contribution in [0.5, 0.6) is 0 Å². The predicted molar refractivity (Wildman–Crippen MR) is 236 cm³/mol. The molecular weight excluding hydrogens is 705 g/mol. The fourth-order valence-electron chi connectivity index (χ4n) is 10.7. The lowest BCUT2D eigenvalue weighted by atomic mass is 9.45. The maximum absolute atomic E-state index is 13.5. The van der Waals surface area contributed by atoms with Crippen LogP contribution >= 0.6 is 0 Å². The first-order valence-corrected chi connectivity index (χ1v) is 22.4. The van der Waals surface area contributed by atoms with Gasteiger partial charge in [0.25, 0.3) is 0 Å². The Hall–Kier alpha value is -2.19. The number of amides is 1. The Kier molecular flexibility index (Phi) is 13.1. The molecule has 6 atom stereocenters. The van der Waals surface area contributed by atoms with Crippen LogP contribution in [0.15, 0.2) is 37.4 Å². The van der Waals surface area contributed by atoms with Gasteiger partial charge in [0.15, 0.2) is 0 Å². The van der Waals surface area contributed by atoms with Gasteiger partial charge in [-0.1, -0.05) is 138 Å². The molecule has 326 valence electrons. The summed E-state index contributed by atoms with van der Waals surface area (Å²) in [7, 11) is 2.11. The molecular formula is C49H89N6O2+. The zero-order valence-electron chi connectivity index (χ0n) is 40.6. The van der Waals surface area contributed by atoms with E-state index in [4.69, 9.17) is 10.5 Å². The SMILES string of the molecule is CCC(C)(C)CC(N1CCCC1=O)C(C)(C)C(C)(C)CC(C)(C1OC1N)C(C)(C)C(C)(C)CC(n1ccnc1)C(C)(C)C(C)(C)CC(n1cc[n+](C)c1)C(C)(C)C. The minimum Gasteiger partial charge on any atom is -0.353 e. The van der Waals surface area contributed by atoms with Crippen molar-refractivity contribution in [1.29, 1.82) is 0 Å². The Morgan fingerprint density at radius 1 is 0.789 bits per heavy atom. The first kappa shape index (κ1) is 47.5. The van der Waals surface area contributed by atoms with E-state index in [2.05, 4.69) is 187 Å². The van der Waals surface area contributed by atoms with Gasteiger partial charge in [0.05, 0.1) is 13.4 Å². The molecule has 0 radical (unpaired) electrons. The van der Waals surface area contributed by atoms with E-state index in [-0.39, 0.29) is 73.2 Å². The summed E-state index contributed by atoms with van der Waals surface area (Å²) in [4.78, 5) is 20.4. The number of imidazole rings is 2. The topological polar surface area (TPSA) is 85.5 Å². The molecule has 2 aliphatic heterocycles. The van der Waals surface area contributed by atoms with Gasteiger partial charge < -0.3 is 19.9 Å². The monoisotopic (exact) mass is 794 g/mol. The average Bonchev–Trinajstić information content (AvgIpc) is 3.46. The van der Waals surface area contributed by atoms with Crippen LogP contribution in [0.3, 0.4) is 0 Å². The second-order valence-electron chi connectivity index (χ2n) is 24.6. The van der Waals surface area contributed by atoms with E-state index in [0.29, 0.717) is 18.4 Å². The van der Waals surface area contributed by atoms with Crippen LogP contribution in [0.4, 0.5) is 0 Å². The van der Waals surface area contributed by atoms with Gasteiger partial charge >= 0.3 is 0 Å². The van der Waals surface area contributed by atoms with Gasteiger partial charge in [-0.25, -0.2) is 14.1 Å². The van der Waals surface area contributed by atoms with Crippen molar-refractivity contribution in [1.82, 2.24) is 19.0 Å². The molecule has 0 aromatic carbocycles. The summed E-state index contributed by atoms with van der Waals surface area (Å²) in [6.45, 7) is 47.3. The smallest absolute Gasteiger partial charge is 0.243 e. The fourth-order valence-corrected chi connectivity index (χ4v) is 10.7. The van der Waals surface area contributed by atoms with E-state index in [1.165, 1.54) is 0 Å². The van der Waals surface area contributed by atoms with Crippen molar-refractivity contribution in [2.45, 2.75) is 207 Å². The molecule has 2 N–H and O–H groups in total. The highest BCUT2D eigenvalue weighted by molar-refractivity contribution is 5.78. The second kappa shape index (κ2) is 15.7. The molecule has 0 spiro atoms. The third kappa shape index (κ3) is 9.13. The molecule has 2 aromatic rings. The lowest BCUT2D eigenvalue weighted by molar-refractivity contribution is -0.671. The van der Waals surface area contributed by atoms with Crippen molar-refractivity contribution >= 4 is 5.91 Å². The van der Waals surface area contributed by atoms with Gasteiger partial charge in [0.2, 0.25) is 12.2 Å². The lowest BCUT2D eigenvalue weighted by Gasteiger charge is -2.60. The number of aromatic nitrogens is 4. The highest BCUT2D eigenvalue weighted by Crippen LogP contribution is 2.67. The molecule has 2 fully saturated rings. The number of hydrogen-bond acceptors (Lipinski definition) is 4. The van der Waals surface area contributed by atoms with E-state index in [9.17, 15) is 4.79 Å². The van der Waals surface area contributed by atoms with Crippen LogP contribution in [0.25, 0.3) is 0 Å². The van der Waals surface area contributed by atoms with E-state index in [1.54, 1.807) is 0 Å². The third-order valence-corrected chi connectivity index (χ3v) is 17.9. The average molecular weight is 794 g/mol. The summed E-state index contributed by atoms with van der Waals surface area (Å²) in [6.07, 6.45) is 19.1. The molecule has 1 amide bonds. The van der Waals surface area contributed by atoms with Crippen molar-refractivity contribution < 1.29 is 14.1 Å². The van der Waals surface area contributed by atoms with Crippen LogP contribution in [-0.4, -0.2) is 49.8 Å². The van der Waals surface area contributed by atoms with E-state index < -0.39 is 0 Å². The van der Waals surface area contributed by atoms with Crippen LogP contribution < -0.4 is 10.3 Å². The molecule has 8 nitrogen and oxygen atoms in total. The number of carbonyl (C=O) groups excluding carboxylic acids is 1. The summed E-state index contributed by atoms with van der Waals surface area (Å²) in [5, 5.41) is 0. The van der Waals surface area contributed by atoms with Crippen LogP contribution in [0.1, 0.15) is 189 Å². The third-order valence-electron chi connectivity index (χ3n) is 17.9. The number of nitrogens with two attached hydrogens (primary N) is 1. The van der Waals surface area contributed by atoms with E-state index in [1.807, 2.05) is 12.5 Å².